The van der Waals surface area contributed by atoms with Crippen molar-refractivity contribution in [3.05, 3.63) is 24.3 Å². The van der Waals surface area contributed by atoms with Crippen LogP contribution in [0.4, 0.5) is 16.2 Å². The zero-order chi connectivity index (χ0) is 13.2. The Bertz CT molecular complexity index is 539. The van der Waals surface area contributed by atoms with Crippen molar-refractivity contribution in [3.63, 3.8) is 0 Å². The maximum Gasteiger partial charge on any atom is 0.321 e. The highest BCUT2D eigenvalue weighted by molar-refractivity contribution is 7.92. The van der Waals surface area contributed by atoms with Crippen LogP contribution in [-0.4, -0.2) is 33.8 Å². The maximum absolute atomic E-state index is 11.6. The predicted octanol–water partition coefficient (Wildman–Crippen LogP) is 0.978. The summed E-state index contributed by atoms with van der Waals surface area (Å²) in [5.74, 6) is 0. The van der Waals surface area contributed by atoms with Crippen molar-refractivity contribution < 1.29 is 13.2 Å². The third-order valence-electron chi connectivity index (χ3n) is 2.56. The number of sulfonamides is 1. The summed E-state index contributed by atoms with van der Waals surface area (Å²) in [5.41, 5.74) is 1.24. The number of urea groups is 1. The summed E-state index contributed by atoms with van der Waals surface area (Å²) in [6.45, 7) is 1.37. The first kappa shape index (κ1) is 12.7. The van der Waals surface area contributed by atoms with Gasteiger partial charge >= 0.3 is 6.03 Å². The van der Waals surface area contributed by atoms with Crippen LogP contribution >= 0.6 is 0 Å². The highest BCUT2D eigenvalue weighted by Gasteiger charge is 2.18. The summed E-state index contributed by atoms with van der Waals surface area (Å²) in [5, 5.41) is 2.76. The molecule has 1 aliphatic rings. The van der Waals surface area contributed by atoms with Crippen LogP contribution in [0.2, 0.25) is 0 Å². The lowest BCUT2D eigenvalue weighted by atomic mass is 10.2. The zero-order valence-corrected chi connectivity index (χ0v) is 10.8. The van der Waals surface area contributed by atoms with Crippen LogP contribution in [0.15, 0.2) is 24.3 Å². The lowest BCUT2D eigenvalue weighted by Crippen LogP contribution is -2.46. The van der Waals surface area contributed by atoms with E-state index in [0.717, 1.165) is 18.4 Å². The van der Waals surface area contributed by atoms with Crippen LogP contribution in [0.3, 0.4) is 0 Å². The molecular formula is C11H15N3O3S. The van der Waals surface area contributed by atoms with Crippen molar-refractivity contribution in [1.82, 2.24) is 5.32 Å². The van der Waals surface area contributed by atoms with Gasteiger partial charge in [0.25, 0.3) is 0 Å². The highest BCUT2D eigenvalue weighted by atomic mass is 32.2. The summed E-state index contributed by atoms with van der Waals surface area (Å²) in [7, 11) is -3.27. The van der Waals surface area contributed by atoms with Gasteiger partial charge in [0.05, 0.1) is 6.26 Å². The quantitative estimate of drug-likeness (QED) is 0.858. The van der Waals surface area contributed by atoms with Gasteiger partial charge in [-0.1, -0.05) is 0 Å². The second-order valence-corrected chi connectivity index (χ2v) is 5.91. The average Bonchev–Trinajstić information content (AvgIpc) is 2.29. The normalized spacial score (nSPS) is 16.3. The third kappa shape index (κ3) is 3.13. The molecule has 98 valence electrons. The van der Waals surface area contributed by atoms with Crippen molar-refractivity contribution in [1.29, 1.82) is 0 Å². The number of benzene rings is 1. The molecule has 0 spiro atoms. The zero-order valence-electron chi connectivity index (χ0n) is 10.0. The van der Waals surface area contributed by atoms with Crippen LogP contribution in [0.1, 0.15) is 6.42 Å². The van der Waals surface area contributed by atoms with E-state index in [1.807, 2.05) is 0 Å². The molecular weight excluding hydrogens is 254 g/mol. The number of rotatable bonds is 3. The van der Waals surface area contributed by atoms with Crippen LogP contribution in [0.25, 0.3) is 0 Å². The van der Waals surface area contributed by atoms with Gasteiger partial charge < -0.3 is 5.32 Å². The number of hydrogen-bond donors (Lipinski definition) is 2. The molecule has 2 N–H and O–H groups in total. The molecule has 1 fully saturated rings. The Morgan fingerprint density at radius 3 is 2.50 bits per heavy atom. The number of carbonyl (C=O) groups excluding carboxylic acids is 1. The summed E-state index contributed by atoms with van der Waals surface area (Å²) in [4.78, 5) is 13.2. The molecule has 18 heavy (non-hydrogen) atoms. The Labute approximate surface area is 106 Å². The molecule has 0 unspecified atom stereocenters. The van der Waals surface area contributed by atoms with E-state index in [0.29, 0.717) is 18.8 Å². The molecule has 0 aromatic heterocycles. The molecule has 2 rings (SSSR count). The number of nitrogens with zero attached hydrogens (tertiary/aromatic N) is 1. The molecule has 6 nitrogen and oxygen atoms in total. The Balaban J connectivity index is 2.14. The van der Waals surface area contributed by atoms with E-state index in [-0.39, 0.29) is 6.03 Å². The monoisotopic (exact) mass is 269 g/mol. The molecule has 0 radical (unpaired) electrons. The van der Waals surface area contributed by atoms with Gasteiger partial charge in [0.15, 0.2) is 0 Å². The summed E-state index contributed by atoms with van der Waals surface area (Å²) in [6.07, 6.45) is 1.99. The van der Waals surface area contributed by atoms with E-state index in [1.165, 1.54) is 0 Å². The molecule has 0 bridgehead atoms. The Kier molecular flexibility index (Phi) is 3.42. The van der Waals surface area contributed by atoms with Crippen LogP contribution in [-0.2, 0) is 10.0 Å². The first-order valence-electron chi connectivity index (χ1n) is 5.59. The minimum atomic E-state index is -3.27. The molecule has 1 aliphatic heterocycles. The van der Waals surface area contributed by atoms with Gasteiger partial charge in [-0.25, -0.2) is 13.2 Å². The van der Waals surface area contributed by atoms with Crippen molar-refractivity contribution in [2.45, 2.75) is 6.42 Å². The molecule has 2 amide bonds. The lowest BCUT2D eigenvalue weighted by molar-refractivity contribution is 0.243. The molecule has 0 saturated carbocycles. The van der Waals surface area contributed by atoms with Gasteiger partial charge in [-0.3, -0.25) is 9.62 Å². The van der Waals surface area contributed by atoms with Gasteiger partial charge in [0.1, 0.15) is 0 Å². The van der Waals surface area contributed by atoms with Crippen molar-refractivity contribution in [3.8, 4) is 0 Å². The van der Waals surface area contributed by atoms with Gasteiger partial charge in [0, 0.05) is 24.5 Å². The first-order valence-corrected chi connectivity index (χ1v) is 7.48. The standard InChI is InChI=1S/C11H15N3O3S/c1-18(16,17)13-9-3-5-10(6-4-9)14-8-2-7-12-11(14)15/h3-6,13H,2,7-8H2,1H3,(H,12,15). The molecule has 1 heterocycles. The van der Waals surface area contributed by atoms with Gasteiger partial charge in [-0.05, 0) is 30.7 Å². The molecule has 0 atom stereocenters. The molecule has 1 aromatic carbocycles. The first-order chi connectivity index (χ1) is 8.46. The number of amides is 2. The van der Waals surface area contributed by atoms with E-state index in [9.17, 15) is 13.2 Å². The molecule has 0 aliphatic carbocycles. The van der Waals surface area contributed by atoms with Crippen LogP contribution < -0.4 is 14.9 Å². The second-order valence-electron chi connectivity index (χ2n) is 4.16. The van der Waals surface area contributed by atoms with Crippen molar-refractivity contribution in [2.24, 2.45) is 0 Å². The lowest BCUT2D eigenvalue weighted by Gasteiger charge is -2.27. The van der Waals surface area contributed by atoms with Gasteiger partial charge in [0.2, 0.25) is 10.0 Å². The topological polar surface area (TPSA) is 78.5 Å². The van der Waals surface area contributed by atoms with E-state index in [4.69, 9.17) is 0 Å². The SMILES string of the molecule is CS(=O)(=O)Nc1ccc(N2CCCNC2=O)cc1. The van der Waals surface area contributed by atoms with Crippen molar-refractivity contribution in [2.75, 3.05) is 29.0 Å². The largest absolute Gasteiger partial charge is 0.338 e. The van der Waals surface area contributed by atoms with E-state index >= 15 is 0 Å². The fraction of sp³-hybridized carbons (Fsp3) is 0.364. The number of carbonyl (C=O) groups is 1. The fourth-order valence-electron chi connectivity index (χ4n) is 1.80. The van der Waals surface area contributed by atoms with Gasteiger partial charge in [-0.15, -0.1) is 0 Å². The maximum atomic E-state index is 11.6. The summed E-state index contributed by atoms with van der Waals surface area (Å²) >= 11 is 0. The van der Waals surface area contributed by atoms with E-state index < -0.39 is 10.0 Å². The van der Waals surface area contributed by atoms with Crippen molar-refractivity contribution >= 4 is 27.4 Å². The smallest absolute Gasteiger partial charge is 0.321 e. The van der Waals surface area contributed by atoms with Crippen LogP contribution in [0.5, 0.6) is 0 Å². The molecule has 1 aromatic rings. The van der Waals surface area contributed by atoms with Gasteiger partial charge in [-0.2, -0.15) is 0 Å². The van der Waals surface area contributed by atoms with Crippen LogP contribution in [0, 0.1) is 0 Å². The predicted molar refractivity (Wildman–Crippen MR) is 70.3 cm³/mol. The third-order valence-corrected chi connectivity index (χ3v) is 3.17. The second kappa shape index (κ2) is 4.85. The van der Waals surface area contributed by atoms with E-state index in [2.05, 4.69) is 10.0 Å². The number of anilines is 2. The average molecular weight is 269 g/mol. The minimum Gasteiger partial charge on any atom is -0.338 e. The fourth-order valence-corrected chi connectivity index (χ4v) is 2.36. The van der Waals surface area contributed by atoms with E-state index in [1.54, 1.807) is 29.2 Å². The minimum absolute atomic E-state index is 0.120. The summed E-state index contributed by atoms with van der Waals surface area (Å²) < 4.78 is 24.5. The molecule has 1 saturated heterocycles. The number of hydrogen-bond acceptors (Lipinski definition) is 3. The number of nitrogens with one attached hydrogen (secondary N) is 2. The summed E-state index contributed by atoms with van der Waals surface area (Å²) in [6, 6.07) is 6.60. The Hall–Kier alpha value is -1.76. The Morgan fingerprint density at radius 2 is 1.94 bits per heavy atom. The highest BCUT2D eigenvalue weighted by Crippen LogP contribution is 2.20. The Morgan fingerprint density at radius 1 is 1.28 bits per heavy atom. The molecule has 7 heteroatoms.